The Morgan fingerprint density at radius 2 is 2.00 bits per heavy atom. The van der Waals surface area contributed by atoms with Gasteiger partial charge in [0.15, 0.2) is 0 Å². The number of methoxy groups -OCH3 is 1. The summed E-state index contributed by atoms with van der Waals surface area (Å²) >= 11 is 1.67. The fraction of sp³-hybridized carbons (Fsp3) is 0.261. The van der Waals surface area contributed by atoms with Gasteiger partial charge in [-0.05, 0) is 49.9 Å². The molecular weight excluding hydrogens is 412 g/mol. The molecule has 2 heterocycles. The number of benzene rings is 2. The van der Waals surface area contributed by atoms with Gasteiger partial charge in [0.2, 0.25) is 5.82 Å². The predicted octanol–water partition coefficient (Wildman–Crippen LogP) is 4.98. The fourth-order valence-corrected chi connectivity index (χ4v) is 4.11. The highest BCUT2D eigenvalue weighted by Gasteiger charge is 2.35. The van der Waals surface area contributed by atoms with Gasteiger partial charge in [0, 0.05) is 22.7 Å². The lowest BCUT2D eigenvalue weighted by Crippen LogP contribution is -2.45. The van der Waals surface area contributed by atoms with Crippen molar-refractivity contribution in [3.8, 4) is 17.1 Å². The molecule has 1 N–H and O–H groups in total. The number of urea groups is 1. The number of aromatic nitrogens is 2. The van der Waals surface area contributed by atoms with E-state index in [1.54, 1.807) is 23.8 Å². The molecule has 1 aromatic heterocycles. The topological polar surface area (TPSA) is 80.5 Å². The van der Waals surface area contributed by atoms with Crippen LogP contribution in [0.15, 0.2) is 63.6 Å². The molecule has 1 aliphatic rings. The maximum absolute atomic E-state index is 12.7. The van der Waals surface area contributed by atoms with Gasteiger partial charge in [-0.3, -0.25) is 4.90 Å². The van der Waals surface area contributed by atoms with Crippen LogP contribution in [0.5, 0.6) is 5.75 Å². The van der Waals surface area contributed by atoms with Crippen LogP contribution in [-0.2, 0) is 0 Å². The number of allylic oxidation sites excluding steroid dienone is 1. The third-order valence-electron chi connectivity index (χ3n) is 5.35. The van der Waals surface area contributed by atoms with Gasteiger partial charge in [-0.15, -0.1) is 11.8 Å². The smallest absolute Gasteiger partial charge is 0.322 e. The Labute approximate surface area is 185 Å². The lowest BCUT2D eigenvalue weighted by Gasteiger charge is -2.34. The summed E-state index contributed by atoms with van der Waals surface area (Å²) in [7, 11) is 1.62. The molecule has 2 aromatic carbocycles. The van der Waals surface area contributed by atoms with Crippen LogP contribution < -0.4 is 10.1 Å². The Balaban J connectivity index is 1.78. The average molecular weight is 437 g/mol. The largest absolute Gasteiger partial charge is 0.497 e. The van der Waals surface area contributed by atoms with Crippen molar-refractivity contribution in [2.45, 2.75) is 24.8 Å². The third-order valence-corrected chi connectivity index (χ3v) is 6.09. The Kier molecular flexibility index (Phi) is 5.99. The summed E-state index contributed by atoms with van der Waals surface area (Å²) in [5.41, 5.74) is 3.34. The summed E-state index contributed by atoms with van der Waals surface area (Å²) in [6, 6.07) is 15.1. The summed E-state index contributed by atoms with van der Waals surface area (Å²) < 4.78 is 11.0. The van der Waals surface area contributed by atoms with Crippen LogP contribution in [-0.4, -0.2) is 41.0 Å². The molecule has 8 heteroatoms. The monoisotopic (exact) mass is 436 g/mol. The second-order valence-corrected chi connectivity index (χ2v) is 7.93. The van der Waals surface area contributed by atoms with Crippen LogP contribution in [0.4, 0.5) is 4.79 Å². The van der Waals surface area contributed by atoms with E-state index in [9.17, 15) is 4.79 Å². The van der Waals surface area contributed by atoms with E-state index < -0.39 is 0 Å². The Morgan fingerprint density at radius 1 is 1.23 bits per heavy atom. The SMILES string of the molecule is CCN1C(=O)NC(c2ccc(SC)cc2)C(c2nc(-c3cccc(OC)c3)no2)=C1C. The van der Waals surface area contributed by atoms with Gasteiger partial charge in [-0.1, -0.05) is 29.4 Å². The van der Waals surface area contributed by atoms with Crippen molar-refractivity contribution in [2.75, 3.05) is 19.9 Å². The third kappa shape index (κ3) is 4.03. The number of ether oxygens (including phenoxy) is 1. The van der Waals surface area contributed by atoms with E-state index >= 15 is 0 Å². The maximum atomic E-state index is 12.7. The van der Waals surface area contributed by atoms with E-state index in [0.29, 0.717) is 24.0 Å². The minimum absolute atomic E-state index is 0.143. The van der Waals surface area contributed by atoms with Crippen LogP contribution in [0.1, 0.15) is 31.3 Å². The predicted molar refractivity (Wildman–Crippen MR) is 121 cm³/mol. The lowest BCUT2D eigenvalue weighted by molar-refractivity contribution is 0.207. The molecule has 0 aliphatic carbocycles. The second-order valence-electron chi connectivity index (χ2n) is 7.05. The van der Waals surface area contributed by atoms with Crippen LogP contribution in [0.3, 0.4) is 0 Å². The van der Waals surface area contributed by atoms with Gasteiger partial charge in [-0.25, -0.2) is 4.79 Å². The maximum Gasteiger partial charge on any atom is 0.322 e. The first-order valence-corrected chi connectivity index (χ1v) is 11.2. The average Bonchev–Trinajstić information content (AvgIpc) is 3.29. The molecule has 1 aliphatic heterocycles. The Bertz CT molecular complexity index is 1120. The standard InChI is InChI=1S/C23H24N4O3S/c1-5-27-14(2)19(20(24-23(27)28)15-9-11-18(31-4)12-10-15)22-25-21(26-30-22)16-7-6-8-17(13-16)29-3/h6-13,20H,5H2,1-4H3,(H,24,28). The van der Waals surface area contributed by atoms with Crippen molar-refractivity contribution in [1.82, 2.24) is 20.4 Å². The molecule has 3 aromatic rings. The van der Waals surface area contributed by atoms with Gasteiger partial charge in [0.05, 0.1) is 18.7 Å². The van der Waals surface area contributed by atoms with Crippen molar-refractivity contribution in [3.63, 3.8) is 0 Å². The first-order chi connectivity index (χ1) is 15.0. The molecule has 0 saturated carbocycles. The summed E-state index contributed by atoms with van der Waals surface area (Å²) in [6.07, 6.45) is 2.03. The molecule has 0 radical (unpaired) electrons. The van der Waals surface area contributed by atoms with Crippen LogP contribution in [0, 0.1) is 0 Å². The normalized spacial score (nSPS) is 16.5. The van der Waals surface area contributed by atoms with Gasteiger partial charge < -0.3 is 14.6 Å². The van der Waals surface area contributed by atoms with Gasteiger partial charge in [-0.2, -0.15) is 4.98 Å². The Morgan fingerprint density at radius 3 is 2.68 bits per heavy atom. The molecule has 1 atom stereocenters. The van der Waals surface area contributed by atoms with E-state index in [1.165, 1.54) is 0 Å². The highest BCUT2D eigenvalue weighted by Crippen LogP contribution is 2.37. The molecule has 160 valence electrons. The number of thioether (sulfide) groups is 1. The highest BCUT2D eigenvalue weighted by molar-refractivity contribution is 7.98. The molecule has 0 spiro atoms. The molecule has 0 saturated heterocycles. The molecule has 1 unspecified atom stereocenters. The van der Waals surface area contributed by atoms with Crippen molar-refractivity contribution in [2.24, 2.45) is 0 Å². The van der Waals surface area contributed by atoms with Crippen molar-refractivity contribution >= 4 is 23.4 Å². The van der Waals surface area contributed by atoms with Gasteiger partial charge >= 0.3 is 6.03 Å². The number of carbonyl (C=O) groups excluding carboxylic acids is 1. The van der Waals surface area contributed by atoms with Crippen LogP contribution in [0.2, 0.25) is 0 Å². The zero-order chi connectivity index (χ0) is 22.0. The molecule has 4 rings (SSSR count). The van der Waals surface area contributed by atoms with Crippen molar-refractivity contribution in [3.05, 3.63) is 65.7 Å². The zero-order valence-electron chi connectivity index (χ0n) is 17.9. The molecule has 0 bridgehead atoms. The van der Waals surface area contributed by atoms with Gasteiger partial charge in [0.1, 0.15) is 5.75 Å². The number of nitrogens with one attached hydrogen (secondary N) is 1. The molecule has 31 heavy (non-hydrogen) atoms. The summed E-state index contributed by atoms with van der Waals surface area (Å²) in [5.74, 6) is 1.56. The molecule has 7 nitrogen and oxygen atoms in total. The minimum Gasteiger partial charge on any atom is -0.497 e. The number of nitrogens with zero attached hydrogens (tertiary/aromatic N) is 3. The van der Waals surface area contributed by atoms with E-state index in [2.05, 4.69) is 15.5 Å². The first-order valence-electron chi connectivity index (χ1n) is 9.97. The highest BCUT2D eigenvalue weighted by atomic mass is 32.2. The van der Waals surface area contributed by atoms with Crippen LogP contribution in [0.25, 0.3) is 17.0 Å². The van der Waals surface area contributed by atoms with E-state index in [-0.39, 0.29) is 12.1 Å². The summed E-state index contributed by atoms with van der Waals surface area (Å²) in [5, 5.41) is 7.28. The van der Waals surface area contributed by atoms with Crippen molar-refractivity contribution < 1.29 is 14.1 Å². The number of hydrogen-bond donors (Lipinski definition) is 1. The lowest BCUT2D eigenvalue weighted by atomic mass is 9.95. The molecule has 0 fully saturated rings. The van der Waals surface area contributed by atoms with E-state index in [1.807, 2.05) is 68.6 Å². The number of hydrogen-bond acceptors (Lipinski definition) is 6. The van der Waals surface area contributed by atoms with E-state index in [4.69, 9.17) is 9.26 Å². The Hall–Kier alpha value is -3.26. The molecule has 2 amide bonds. The zero-order valence-corrected chi connectivity index (χ0v) is 18.7. The summed E-state index contributed by atoms with van der Waals surface area (Å²) in [6.45, 7) is 4.39. The van der Waals surface area contributed by atoms with Gasteiger partial charge in [0.25, 0.3) is 5.89 Å². The quantitative estimate of drug-likeness (QED) is 0.549. The fourth-order valence-electron chi connectivity index (χ4n) is 3.70. The second kappa shape index (κ2) is 8.85. The number of carbonyl (C=O) groups is 1. The number of rotatable bonds is 6. The first kappa shape index (κ1) is 21.0. The number of amides is 2. The van der Waals surface area contributed by atoms with Crippen LogP contribution >= 0.6 is 11.8 Å². The van der Waals surface area contributed by atoms with Crippen molar-refractivity contribution in [1.29, 1.82) is 0 Å². The summed E-state index contributed by atoms with van der Waals surface area (Å²) in [4.78, 5) is 20.2. The molecular formula is C23H24N4O3S. The minimum atomic E-state index is -0.384. The van der Waals surface area contributed by atoms with E-state index in [0.717, 1.165) is 27.3 Å².